The van der Waals surface area contributed by atoms with E-state index in [1.54, 1.807) is 11.4 Å². The molecule has 0 radical (unpaired) electrons. The lowest BCUT2D eigenvalue weighted by molar-refractivity contribution is 0.0742. The summed E-state index contributed by atoms with van der Waals surface area (Å²) in [7, 11) is 0. The number of aryl methyl sites for hydroxylation is 1. The Morgan fingerprint density at radius 2 is 2.08 bits per heavy atom. The minimum atomic E-state index is -0.199. The van der Waals surface area contributed by atoms with Crippen LogP contribution in [0.1, 0.15) is 52.6 Å². The number of amides is 2. The number of thiazole rings is 1. The van der Waals surface area contributed by atoms with Crippen LogP contribution in [-0.4, -0.2) is 34.8 Å². The Bertz CT molecular complexity index is 768. The number of rotatable bonds is 7. The lowest BCUT2D eigenvalue weighted by Crippen LogP contribution is -2.33. The molecule has 6 heteroatoms. The number of nitrogens with zero attached hydrogens (tertiary/aromatic N) is 2. The molecule has 1 N–H and O–H groups in total. The minimum absolute atomic E-state index is 0.0404. The summed E-state index contributed by atoms with van der Waals surface area (Å²) in [4.78, 5) is 31.3. The highest BCUT2D eigenvalue weighted by Gasteiger charge is 2.28. The molecule has 2 amide bonds. The molecule has 25 heavy (non-hydrogen) atoms. The predicted octanol–water partition coefficient (Wildman–Crippen LogP) is 3.97. The van der Waals surface area contributed by atoms with E-state index in [4.69, 9.17) is 0 Å². The summed E-state index contributed by atoms with van der Waals surface area (Å²) in [6.45, 7) is 5.53. The van der Waals surface area contributed by atoms with Crippen LogP contribution in [0.4, 0.5) is 5.13 Å². The summed E-state index contributed by atoms with van der Waals surface area (Å²) in [6, 6.07) is 7.41. The lowest BCUT2D eigenvalue weighted by atomic mass is 10.1. The highest BCUT2D eigenvalue weighted by Crippen LogP contribution is 2.30. The fourth-order valence-electron chi connectivity index (χ4n) is 2.74. The Morgan fingerprint density at radius 1 is 1.32 bits per heavy atom. The first kappa shape index (κ1) is 17.6. The molecule has 0 atom stereocenters. The van der Waals surface area contributed by atoms with Crippen LogP contribution in [-0.2, 0) is 0 Å². The zero-order chi connectivity index (χ0) is 17.8. The van der Waals surface area contributed by atoms with Crippen molar-refractivity contribution in [3.05, 3.63) is 46.5 Å². The summed E-state index contributed by atoms with van der Waals surface area (Å²) < 4.78 is 0. The standard InChI is InChI=1S/C19H23N3O2S/c1-3-10-22(11-14-8-9-14)18(24)16-12-25-19(20-16)21-17(23)15-7-5-4-6-13(15)2/h4-7,12,14H,3,8-11H2,1-2H3,(H,20,21,23). The molecule has 3 rings (SSSR count). The molecule has 1 aromatic heterocycles. The Kier molecular flexibility index (Phi) is 5.48. The number of nitrogens with one attached hydrogen (secondary N) is 1. The Hall–Kier alpha value is -2.21. The topological polar surface area (TPSA) is 62.3 Å². The van der Waals surface area contributed by atoms with Gasteiger partial charge in [0.1, 0.15) is 5.69 Å². The van der Waals surface area contributed by atoms with Gasteiger partial charge >= 0.3 is 0 Å². The molecule has 0 spiro atoms. The maximum Gasteiger partial charge on any atom is 0.273 e. The first-order valence-corrected chi connectivity index (χ1v) is 9.58. The van der Waals surface area contributed by atoms with Crippen molar-refractivity contribution in [2.75, 3.05) is 18.4 Å². The van der Waals surface area contributed by atoms with Gasteiger partial charge < -0.3 is 4.90 Å². The number of aromatic nitrogens is 1. The second-order valence-corrected chi connectivity index (χ2v) is 7.36. The summed E-state index contributed by atoms with van der Waals surface area (Å²) in [5.41, 5.74) is 1.94. The average molecular weight is 357 g/mol. The van der Waals surface area contributed by atoms with E-state index in [0.717, 1.165) is 25.1 Å². The molecule has 0 unspecified atom stereocenters. The largest absolute Gasteiger partial charge is 0.337 e. The van der Waals surface area contributed by atoms with Crippen molar-refractivity contribution >= 4 is 28.3 Å². The van der Waals surface area contributed by atoms with E-state index in [1.165, 1.54) is 24.2 Å². The molecule has 1 aliphatic rings. The molecule has 1 heterocycles. The monoisotopic (exact) mass is 357 g/mol. The Balaban J connectivity index is 1.67. The van der Waals surface area contributed by atoms with Gasteiger partial charge in [-0.2, -0.15) is 0 Å². The predicted molar refractivity (Wildman–Crippen MR) is 100 cm³/mol. The van der Waals surface area contributed by atoms with Crippen LogP contribution in [0.3, 0.4) is 0 Å². The van der Waals surface area contributed by atoms with E-state index in [0.29, 0.717) is 22.3 Å². The molecular weight excluding hydrogens is 334 g/mol. The van der Waals surface area contributed by atoms with Crippen molar-refractivity contribution < 1.29 is 9.59 Å². The van der Waals surface area contributed by atoms with E-state index in [1.807, 2.05) is 30.0 Å². The fraction of sp³-hybridized carbons (Fsp3) is 0.421. The number of carbonyl (C=O) groups is 2. The van der Waals surface area contributed by atoms with Gasteiger partial charge in [-0.15, -0.1) is 11.3 Å². The van der Waals surface area contributed by atoms with Crippen molar-refractivity contribution in [3.8, 4) is 0 Å². The maximum atomic E-state index is 12.7. The number of benzene rings is 1. The number of carbonyl (C=O) groups excluding carboxylic acids is 2. The molecule has 5 nitrogen and oxygen atoms in total. The van der Waals surface area contributed by atoms with Crippen LogP contribution in [0, 0.1) is 12.8 Å². The molecule has 0 saturated heterocycles. The van der Waals surface area contributed by atoms with Crippen LogP contribution < -0.4 is 5.32 Å². The molecule has 0 aliphatic heterocycles. The van der Waals surface area contributed by atoms with Crippen molar-refractivity contribution in [2.24, 2.45) is 5.92 Å². The normalized spacial score (nSPS) is 13.5. The third-order valence-corrected chi connectivity index (χ3v) is 5.05. The van der Waals surface area contributed by atoms with Gasteiger partial charge in [0.05, 0.1) is 0 Å². The molecule has 132 valence electrons. The fourth-order valence-corrected chi connectivity index (χ4v) is 3.42. The molecule has 1 saturated carbocycles. The van der Waals surface area contributed by atoms with Gasteiger partial charge in [-0.05, 0) is 43.7 Å². The van der Waals surface area contributed by atoms with E-state index in [2.05, 4.69) is 17.2 Å². The molecule has 2 aromatic rings. The molecule has 1 aromatic carbocycles. The average Bonchev–Trinajstić information content (AvgIpc) is 3.30. The number of anilines is 1. The highest BCUT2D eigenvalue weighted by molar-refractivity contribution is 7.14. The summed E-state index contributed by atoms with van der Waals surface area (Å²) in [5.74, 6) is 0.408. The lowest BCUT2D eigenvalue weighted by Gasteiger charge is -2.20. The van der Waals surface area contributed by atoms with E-state index in [9.17, 15) is 9.59 Å². The number of hydrogen-bond acceptors (Lipinski definition) is 4. The van der Waals surface area contributed by atoms with Crippen LogP contribution >= 0.6 is 11.3 Å². The second-order valence-electron chi connectivity index (χ2n) is 6.50. The molecule has 1 fully saturated rings. The first-order chi connectivity index (χ1) is 12.1. The Morgan fingerprint density at radius 3 is 2.76 bits per heavy atom. The van der Waals surface area contributed by atoms with Gasteiger partial charge in [0.2, 0.25) is 0 Å². The van der Waals surface area contributed by atoms with Crippen molar-refractivity contribution in [1.29, 1.82) is 0 Å². The number of hydrogen-bond donors (Lipinski definition) is 1. The zero-order valence-corrected chi connectivity index (χ0v) is 15.4. The van der Waals surface area contributed by atoms with Crippen LogP contribution in [0.2, 0.25) is 0 Å². The molecule has 0 bridgehead atoms. The maximum absolute atomic E-state index is 12.7. The summed E-state index contributed by atoms with van der Waals surface area (Å²) in [5, 5.41) is 4.98. The highest BCUT2D eigenvalue weighted by atomic mass is 32.1. The van der Waals surface area contributed by atoms with Crippen LogP contribution in [0.5, 0.6) is 0 Å². The van der Waals surface area contributed by atoms with Crippen molar-refractivity contribution in [2.45, 2.75) is 33.1 Å². The van der Waals surface area contributed by atoms with Crippen LogP contribution in [0.15, 0.2) is 29.6 Å². The van der Waals surface area contributed by atoms with Gasteiger partial charge in [-0.3, -0.25) is 14.9 Å². The SMILES string of the molecule is CCCN(CC1CC1)C(=O)c1csc(NC(=O)c2ccccc2C)n1. The quantitative estimate of drug-likeness (QED) is 0.816. The van der Waals surface area contributed by atoms with Gasteiger partial charge in [0.25, 0.3) is 11.8 Å². The van der Waals surface area contributed by atoms with E-state index < -0.39 is 0 Å². The second kappa shape index (κ2) is 7.78. The van der Waals surface area contributed by atoms with Gasteiger partial charge in [0.15, 0.2) is 5.13 Å². The zero-order valence-electron chi connectivity index (χ0n) is 14.6. The van der Waals surface area contributed by atoms with Crippen molar-refractivity contribution in [3.63, 3.8) is 0 Å². The third kappa shape index (κ3) is 4.45. The van der Waals surface area contributed by atoms with E-state index in [-0.39, 0.29) is 11.8 Å². The van der Waals surface area contributed by atoms with E-state index >= 15 is 0 Å². The van der Waals surface area contributed by atoms with Crippen LogP contribution in [0.25, 0.3) is 0 Å². The Labute approximate surface area is 152 Å². The van der Waals surface area contributed by atoms with Gasteiger partial charge in [0, 0.05) is 24.0 Å². The summed E-state index contributed by atoms with van der Waals surface area (Å²) >= 11 is 1.29. The third-order valence-electron chi connectivity index (χ3n) is 4.29. The summed E-state index contributed by atoms with van der Waals surface area (Å²) in [6.07, 6.45) is 3.35. The first-order valence-electron chi connectivity index (χ1n) is 8.70. The van der Waals surface area contributed by atoms with Gasteiger partial charge in [-0.25, -0.2) is 4.98 Å². The smallest absolute Gasteiger partial charge is 0.273 e. The minimum Gasteiger partial charge on any atom is -0.337 e. The molecule has 1 aliphatic carbocycles. The van der Waals surface area contributed by atoms with Crippen molar-refractivity contribution in [1.82, 2.24) is 9.88 Å². The van der Waals surface area contributed by atoms with Gasteiger partial charge in [-0.1, -0.05) is 25.1 Å². The molecular formula is C19H23N3O2S.